The molecule has 0 radical (unpaired) electrons. The molecule has 5 nitrogen and oxygen atoms in total. The van der Waals surface area contributed by atoms with Gasteiger partial charge in [-0.2, -0.15) is 13.2 Å². The van der Waals surface area contributed by atoms with Gasteiger partial charge in [0.1, 0.15) is 0 Å². The van der Waals surface area contributed by atoms with E-state index in [4.69, 9.17) is 4.98 Å². The lowest BCUT2D eigenvalue weighted by Crippen LogP contribution is -2.46. The zero-order valence-corrected chi connectivity index (χ0v) is 20.2. The van der Waals surface area contributed by atoms with Crippen LogP contribution in [-0.2, 0) is 6.18 Å². The largest absolute Gasteiger partial charge is 0.416 e. The van der Waals surface area contributed by atoms with Gasteiger partial charge in [0, 0.05) is 25.4 Å². The fourth-order valence-electron chi connectivity index (χ4n) is 3.87. The smallest absolute Gasteiger partial charge is 0.323 e. The molecule has 3 heterocycles. The van der Waals surface area contributed by atoms with Gasteiger partial charge in [0.25, 0.3) is 0 Å². The van der Waals surface area contributed by atoms with Crippen molar-refractivity contribution in [1.29, 1.82) is 0 Å². The number of carbonyl (C=O) groups is 1. The molecule has 0 atom stereocenters. The number of hydrogen-bond acceptors (Lipinski definition) is 4. The van der Waals surface area contributed by atoms with E-state index in [1.807, 2.05) is 37.4 Å². The number of likely N-dealkylation sites (N-methyl/N-ethyl adjacent to an activating group) is 1. The molecule has 0 fully saturated rings. The van der Waals surface area contributed by atoms with E-state index in [1.165, 1.54) is 33.7 Å². The molecule has 0 spiro atoms. The Morgan fingerprint density at radius 1 is 1.14 bits per heavy atom. The molecule has 0 aliphatic carbocycles. The molecule has 0 saturated carbocycles. The third-order valence-electron chi connectivity index (χ3n) is 5.69. The van der Waals surface area contributed by atoms with Crippen molar-refractivity contribution in [3.05, 3.63) is 89.8 Å². The molecule has 0 saturated heterocycles. The number of thioether (sulfide) groups is 1. The number of benzene rings is 1. The molecule has 0 bridgehead atoms. The molecule has 180 valence electrons. The second kappa shape index (κ2) is 9.58. The van der Waals surface area contributed by atoms with E-state index in [0.29, 0.717) is 22.7 Å². The highest BCUT2D eigenvalue weighted by molar-refractivity contribution is 7.98. The van der Waals surface area contributed by atoms with Crippen LogP contribution in [0.25, 0.3) is 17.0 Å². The Balaban J connectivity index is 1.91. The number of anilines is 1. The van der Waals surface area contributed by atoms with Crippen molar-refractivity contribution in [2.75, 3.05) is 24.7 Å². The Hall–Kier alpha value is -3.59. The predicted octanol–water partition coefficient (Wildman–Crippen LogP) is 6.66. The maximum Gasteiger partial charge on any atom is 0.416 e. The summed E-state index contributed by atoms with van der Waals surface area (Å²) in [5, 5.41) is 0.870. The number of hydrogen-bond donors (Lipinski definition) is 0. The summed E-state index contributed by atoms with van der Waals surface area (Å²) in [5.41, 5.74) is 3.03. The van der Waals surface area contributed by atoms with Crippen LogP contribution < -0.4 is 4.90 Å². The number of pyridine rings is 2. The fraction of sp³-hybridized carbons (Fsp3) is 0.192. The first-order valence-corrected chi connectivity index (χ1v) is 11.9. The third kappa shape index (κ3) is 4.81. The average Bonchev–Trinajstić information content (AvgIpc) is 2.85. The minimum absolute atomic E-state index is 0.100. The zero-order chi connectivity index (χ0) is 25.3. The number of carbonyl (C=O) groups excluding carboxylic acids is 1. The number of amides is 2. The molecule has 1 aromatic carbocycles. The highest BCUT2D eigenvalue weighted by Crippen LogP contribution is 2.38. The molecular weight excluding hydrogens is 473 g/mol. The van der Waals surface area contributed by atoms with Gasteiger partial charge < -0.3 is 4.90 Å². The predicted molar refractivity (Wildman–Crippen MR) is 133 cm³/mol. The second-order valence-electron chi connectivity index (χ2n) is 8.05. The molecule has 0 unspecified atom stereocenters. The van der Waals surface area contributed by atoms with Gasteiger partial charge >= 0.3 is 12.2 Å². The van der Waals surface area contributed by atoms with Gasteiger partial charge in [-0.3, -0.25) is 4.90 Å². The van der Waals surface area contributed by atoms with Crippen LogP contribution in [-0.4, -0.2) is 40.7 Å². The van der Waals surface area contributed by atoms with Crippen molar-refractivity contribution in [1.82, 2.24) is 14.9 Å². The number of aryl methyl sites for hydroxylation is 1. The van der Waals surface area contributed by atoms with Crippen molar-refractivity contribution in [2.45, 2.75) is 18.1 Å². The quantitative estimate of drug-likeness (QED) is 0.371. The van der Waals surface area contributed by atoms with E-state index >= 15 is 0 Å². The van der Waals surface area contributed by atoms with Crippen LogP contribution in [0.5, 0.6) is 0 Å². The SMILES string of the molecule is C=CC1=C(c2nc(-c3ccc(SC)nc3)ccc2C)N(c2cccc(C(F)(F)F)c2)C(=O)N(C)C1. The molecule has 0 N–H and O–H groups in total. The Labute approximate surface area is 206 Å². The molecule has 2 aromatic heterocycles. The van der Waals surface area contributed by atoms with E-state index in [-0.39, 0.29) is 12.2 Å². The molecule has 2 amide bonds. The average molecular weight is 497 g/mol. The van der Waals surface area contributed by atoms with E-state index < -0.39 is 17.8 Å². The van der Waals surface area contributed by atoms with Crippen LogP contribution in [0, 0.1) is 6.92 Å². The Morgan fingerprint density at radius 3 is 2.54 bits per heavy atom. The second-order valence-corrected chi connectivity index (χ2v) is 8.88. The van der Waals surface area contributed by atoms with Gasteiger partial charge in [-0.25, -0.2) is 14.8 Å². The number of urea groups is 1. The first-order valence-electron chi connectivity index (χ1n) is 10.7. The van der Waals surface area contributed by atoms with Crippen molar-refractivity contribution < 1.29 is 18.0 Å². The molecule has 1 aliphatic rings. The first kappa shape index (κ1) is 24.5. The lowest BCUT2D eigenvalue weighted by Gasteiger charge is -2.37. The van der Waals surface area contributed by atoms with E-state index in [1.54, 1.807) is 19.3 Å². The van der Waals surface area contributed by atoms with Crippen molar-refractivity contribution in [2.24, 2.45) is 0 Å². The number of halogens is 3. The van der Waals surface area contributed by atoms with Crippen LogP contribution >= 0.6 is 11.8 Å². The zero-order valence-electron chi connectivity index (χ0n) is 19.4. The van der Waals surface area contributed by atoms with Gasteiger partial charge in [0.2, 0.25) is 0 Å². The summed E-state index contributed by atoms with van der Waals surface area (Å²) in [6, 6.07) is 11.8. The van der Waals surface area contributed by atoms with Crippen molar-refractivity contribution >= 4 is 29.2 Å². The van der Waals surface area contributed by atoms with Crippen LogP contribution in [0.2, 0.25) is 0 Å². The molecule has 35 heavy (non-hydrogen) atoms. The van der Waals surface area contributed by atoms with Gasteiger partial charge in [0.15, 0.2) is 0 Å². The number of nitrogens with zero attached hydrogens (tertiary/aromatic N) is 4. The molecule has 4 rings (SSSR count). The van der Waals surface area contributed by atoms with Crippen molar-refractivity contribution in [3.63, 3.8) is 0 Å². The summed E-state index contributed by atoms with van der Waals surface area (Å²) in [4.78, 5) is 25.3. The summed E-state index contributed by atoms with van der Waals surface area (Å²) >= 11 is 1.53. The highest BCUT2D eigenvalue weighted by atomic mass is 32.2. The van der Waals surface area contributed by atoms with Crippen LogP contribution in [0.1, 0.15) is 16.8 Å². The Bertz CT molecular complexity index is 1320. The lowest BCUT2D eigenvalue weighted by molar-refractivity contribution is -0.137. The van der Waals surface area contributed by atoms with E-state index in [9.17, 15) is 18.0 Å². The third-order valence-corrected chi connectivity index (χ3v) is 6.35. The van der Waals surface area contributed by atoms with Gasteiger partial charge in [0.05, 0.1) is 33.4 Å². The van der Waals surface area contributed by atoms with Gasteiger partial charge in [-0.1, -0.05) is 24.8 Å². The van der Waals surface area contributed by atoms with Gasteiger partial charge in [-0.05, 0) is 60.7 Å². The van der Waals surface area contributed by atoms with Crippen LogP contribution in [0.15, 0.2) is 78.0 Å². The van der Waals surface area contributed by atoms with E-state index in [2.05, 4.69) is 11.6 Å². The Morgan fingerprint density at radius 2 is 1.91 bits per heavy atom. The fourth-order valence-corrected chi connectivity index (χ4v) is 4.23. The van der Waals surface area contributed by atoms with Crippen LogP contribution in [0.4, 0.5) is 23.7 Å². The lowest BCUT2D eigenvalue weighted by atomic mass is 10.0. The molecule has 3 aromatic rings. The van der Waals surface area contributed by atoms with Crippen molar-refractivity contribution in [3.8, 4) is 11.3 Å². The molecule has 9 heteroatoms. The van der Waals surface area contributed by atoms with E-state index in [0.717, 1.165) is 28.3 Å². The monoisotopic (exact) mass is 496 g/mol. The molecule has 1 aliphatic heterocycles. The normalized spacial score (nSPS) is 14.5. The standard InChI is InChI=1S/C26H23F3N4OS/c1-5-17-15-32(3)25(34)33(20-8-6-7-19(13-20)26(27,28)29)24(17)23-16(2)9-11-21(31-23)18-10-12-22(35-4)30-14-18/h5-14H,1,15H2,2-4H3. The maximum atomic E-state index is 13.5. The first-order chi connectivity index (χ1) is 16.6. The Kier molecular flexibility index (Phi) is 6.71. The minimum atomic E-state index is -4.55. The summed E-state index contributed by atoms with van der Waals surface area (Å²) in [6.07, 6.45) is 0.727. The maximum absolute atomic E-state index is 13.5. The highest BCUT2D eigenvalue weighted by Gasteiger charge is 2.36. The summed E-state index contributed by atoms with van der Waals surface area (Å²) < 4.78 is 40.4. The molecular formula is C26H23F3N4OS. The topological polar surface area (TPSA) is 49.3 Å². The summed E-state index contributed by atoms with van der Waals surface area (Å²) in [7, 11) is 1.60. The van der Waals surface area contributed by atoms with Gasteiger partial charge in [-0.15, -0.1) is 11.8 Å². The summed E-state index contributed by atoms with van der Waals surface area (Å²) in [6.45, 7) is 5.99. The number of rotatable bonds is 5. The minimum Gasteiger partial charge on any atom is -0.323 e. The number of aromatic nitrogens is 2. The summed E-state index contributed by atoms with van der Waals surface area (Å²) in [5.74, 6) is 0. The number of alkyl halides is 3. The van der Waals surface area contributed by atoms with Crippen LogP contribution in [0.3, 0.4) is 0 Å².